The fourth-order valence-corrected chi connectivity index (χ4v) is 2.14. The Labute approximate surface area is 94.9 Å². The van der Waals surface area contributed by atoms with E-state index in [0.717, 1.165) is 16.8 Å². The van der Waals surface area contributed by atoms with Crippen molar-refractivity contribution in [3.8, 4) is 6.07 Å². The molecule has 0 bridgehead atoms. The number of nitriles is 1. The number of rotatable bonds is 3. The van der Waals surface area contributed by atoms with Crippen molar-refractivity contribution >= 4 is 10.9 Å². The van der Waals surface area contributed by atoms with E-state index < -0.39 is 0 Å². The number of hydrogen-bond donors (Lipinski definition) is 2. The van der Waals surface area contributed by atoms with Crippen LogP contribution < -0.4 is 5.73 Å². The summed E-state index contributed by atoms with van der Waals surface area (Å²) in [4.78, 5) is 3.32. The minimum absolute atomic E-state index is 0.0594. The summed E-state index contributed by atoms with van der Waals surface area (Å²) in [6.07, 6.45) is 1.21. The molecule has 0 aliphatic heterocycles. The average Bonchev–Trinajstić information content (AvgIpc) is 2.62. The van der Waals surface area contributed by atoms with E-state index in [1.54, 1.807) is 0 Å². The van der Waals surface area contributed by atoms with Gasteiger partial charge in [0.15, 0.2) is 0 Å². The summed E-state index contributed by atoms with van der Waals surface area (Å²) < 4.78 is 0. The average molecular weight is 213 g/mol. The lowest BCUT2D eigenvalue weighted by molar-refractivity contribution is 0.665. The topological polar surface area (TPSA) is 65.6 Å². The van der Waals surface area contributed by atoms with Crippen molar-refractivity contribution in [2.45, 2.75) is 25.8 Å². The third kappa shape index (κ3) is 1.80. The Kier molecular flexibility index (Phi) is 2.93. The van der Waals surface area contributed by atoms with Gasteiger partial charge in [-0.05, 0) is 25.0 Å². The third-order valence-corrected chi connectivity index (χ3v) is 2.88. The van der Waals surface area contributed by atoms with Crippen molar-refractivity contribution in [3.05, 3.63) is 35.5 Å². The van der Waals surface area contributed by atoms with Gasteiger partial charge in [-0.25, -0.2) is 0 Å². The maximum Gasteiger partial charge on any atom is 0.0622 e. The largest absolute Gasteiger partial charge is 0.358 e. The predicted molar refractivity (Wildman–Crippen MR) is 64.8 cm³/mol. The summed E-state index contributed by atoms with van der Waals surface area (Å²) in [6, 6.07) is 10.2. The number of H-pyrrole nitrogens is 1. The van der Waals surface area contributed by atoms with E-state index in [1.807, 2.05) is 25.1 Å². The Morgan fingerprint density at radius 1 is 1.44 bits per heavy atom. The highest BCUT2D eigenvalue weighted by Crippen LogP contribution is 2.28. The zero-order chi connectivity index (χ0) is 11.5. The van der Waals surface area contributed by atoms with Gasteiger partial charge >= 0.3 is 0 Å². The molecule has 2 rings (SSSR count). The van der Waals surface area contributed by atoms with Crippen molar-refractivity contribution in [1.29, 1.82) is 5.26 Å². The summed E-state index contributed by atoms with van der Waals surface area (Å²) in [6.45, 7) is 2.03. The molecular formula is C13H15N3. The van der Waals surface area contributed by atoms with Gasteiger partial charge in [0.2, 0.25) is 0 Å². The molecule has 0 spiro atoms. The first-order valence-electron chi connectivity index (χ1n) is 5.43. The quantitative estimate of drug-likeness (QED) is 0.823. The van der Waals surface area contributed by atoms with E-state index in [1.165, 1.54) is 5.39 Å². The Hall–Kier alpha value is -1.79. The van der Waals surface area contributed by atoms with Gasteiger partial charge in [-0.2, -0.15) is 5.26 Å². The maximum absolute atomic E-state index is 8.58. The van der Waals surface area contributed by atoms with Gasteiger partial charge in [0.05, 0.1) is 6.07 Å². The lowest BCUT2D eigenvalue weighted by Gasteiger charge is -2.10. The fraction of sp³-hybridized carbons (Fsp3) is 0.308. The summed E-state index contributed by atoms with van der Waals surface area (Å²) in [5, 5.41) is 9.75. The van der Waals surface area contributed by atoms with Gasteiger partial charge in [0.25, 0.3) is 0 Å². The minimum atomic E-state index is -0.0594. The second kappa shape index (κ2) is 4.38. The van der Waals surface area contributed by atoms with Crippen LogP contribution in [0.3, 0.4) is 0 Å². The monoisotopic (exact) mass is 213 g/mol. The predicted octanol–water partition coefficient (Wildman–Crippen LogP) is 2.78. The highest BCUT2D eigenvalue weighted by molar-refractivity contribution is 5.85. The highest BCUT2D eigenvalue weighted by atomic mass is 14.7. The molecule has 1 heterocycles. The van der Waals surface area contributed by atoms with Gasteiger partial charge in [-0.15, -0.1) is 0 Å². The van der Waals surface area contributed by atoms with Crippen LogP contribution >= 0.6 is 0 Å². The SMILES string of the molecule is Cc1[nH]c2ccccc2c1C(N)CCC#N. The van der Waals surface area contributed by atoms with Gasteiger partial charge in [0.1, 0.15) is 0 Å². The lowest BCUT2D eigenvalue weighted by atomic mass is 10.00. The number of aryl methyl sites for hydroxylation is 1. The van der Waals surface area contributed by atoms with Crippen LogP contribution in [0, 0.1) is 18.3 Å². The van der Waals surface area contributed by atoms with Crippen LogP contribution in [0.15, 0.2) is 24.3 Å². The molecule has 0 aliphatic rings. The van der Waals surface area contributed by atoms with Crippen LogP contribution in [0.1, 0.15) is 30.1 Å². The normalized spacial score (nSPS) is 12.6. The molecule has 0 amide bonds. The van der Waals surface area contributed by atoms with Gasteiger partial charge < -0.3 is 10.7 Å². The smallest absolute Gasteiger partial charge is 0.0622 e. The summed E-state index contributed by atoms with van der Waals surface area (Å²) in [5.41, 5.74) is 9.48. The molecule has 82 valence electrons. The van der Waals surface area contributed by atoms with E-state index >= 15 is 0 Å². The first-order chi connectivity index (χ1) is 7.74. The number of nitrogens with one attached hydrogen (secondary N) is 1. The van der Waals surface area contributed by atoms with E-state index in [-0.39, 0.29) is 6.04 Å². The van der Waals surface area contributed by atoms with Crippen molar-refractivity contribution in [2.24, 2.45) is 5.73 Å². The second-order valence-corrected chi connectivity index (χ2v) is 4.01. The molecule has 0 saturated carbocycles. The fourth-order valence-electron chi connectivity index (χ4n) is 2.14. The van der Waals surface area contributed by atoms with Crippen molar-refractivity contribution < 1.29 is 0 Å². The standard InChI is InChI=1S/C13H15N3/c1-9-13(11(15)6-4-8-14)10-5-2-3-7-12(10)16-9/h2-3,5,7,11,16H,4,6,15H2,1H3. The minimum Gasteiger partial charge on any atom is -0.358 e. The van der Waals surface area contributed by atoms with Gasteiger partial charge in [-0.1, -0.05) is 18.2 Å². The van der Waals surface area contributed by atoms with Crippen molar-refractivity contribution in [2.75, 3.05) is 0 Å². The molecule has 0 radical (unpaired) electrons. The number of nitrogens with zero attached hydrogens (tertiary/aromatic N) is 1. The molecule has 1 atom stereocenters. The molecule has 16 heavy (non-hydrogen) atoms. The molecule has 2 aromatic rings. The van der Waals surface area contributed by atoms with Crippen LogP contribution in [0.4, 0.5) is 0 Å². The Morgan fingerprint density at radius 3 is 2.94 bits per heavy atom. The van der Waals surface area contributed by atoms with Crippen LogP contribution in [0.2, 0.25) is 0 Å². The molecule has 0 aliphatic carbocycles. The number of hydrogen-bond acceptors (Lipinski definition) is 2. The van der Waals surface area contributed by atoms with Gasteiger partial charge in [-0.3, -0.25) is 0 Å². The zero-order valence-corrected chi connectivity index (χ0v) is 9.33. The Bertz CT molecular complexity index is 534. The van der Waals surface area contributed by atoms with Crippen LogP contribution in [0.5, 0.6) is 0 Å². The van der Waals surface area contributed by atoms with E-state index in [2.05, 4.69) is 17.1 Å². The molecule has 0 fully saturated rings. The van der Waals surface area contributed by atoms with Crippen molar-refractivity contribution in [3.63, 3.8) is 0 Å². The first kappa shape index (κ1) is 10.7. The molecule has 1 unspecified atom stereocenters. The molecule has 3 N–H and O–H groups in total. The van der Waals surface area contributed by atoms with Crippen LogP contribution in [-0.2, 0) is 0 Å². The Balaban J connectivity index is 2.43. The lowest BCUT2D eigenvalue weighted by Crippen LogP contribution is -2.10. The molecule has 1 aromatic heterocycles. The van der Waals surface area contributed by atoms with Crippen molar-refractivity contribution in [1.82, 2.24) is 4.98 Å². The molecule has 1 aromatic carbocycles. The number of para-hydroxylation sites is 1. The number of benzene rings is 1. The second-order valence-electron chi connectivity index (χ2n) is 4.01. The number of fused-ring (bicyclic) bond motifs is 1. The van der Waals surface area contributed by atoms with Crippen LogP contribution in [0.25, 0.3) is 10.9 Å². The van der Waals surface area contributed by atoms with Gasteiger partial charge in [0, 0.05) is 29.1 Å². The molecular weight excluding hydrogens is 198 g/mol. The first-order valence-corrected chi connectivity index (χ1v) is 5.43. The summed E-state index contributed by atoms with van der Waals surface area (Å²) in [5.74, 6) is 0. The number of aromatic amines is 1. The molecule has 3 nitrogen and oxygen atoms in total. The number of aromatic nitrogens is 1. The van der Waals surface area contributed by atoms with Crippen LogP contribution in [-0.4, -0.2) is 4.98 Å². The summed E-state index contributed by atoms with van der Waals surface area (Å²) >= 11 is 0. The zero-order valence-electron chi connectivity index (χ0n) is 9.33. The summed E-state index contributed by atoms with van der Waals surface area (Å²) in [7, 11) is 0. The third-order valence-electron chi connectivity index (χ3n) is 2.88. The Morgan fingerprint density at radius 2 is 2.19 bits per heavy atom. The van der Waals surface area contributed by atoms with E-state index in [9.17, 15) is 0 Å². The molecule has 0 saturated heterocycles. The maximum atomic E-state index is 8.58. The number of nitrogens with two attached hydrogens (primary N) is 1. The highest BCUT2D eigenvalue weighted by Gasteiger charge is 2.14. The van der Waals surface area contributed by atoms with E-state index in [0.29, 0.717) is 12.8 Å². The van der Waals surface area contributed by atoms with E-state index in [4.69, 9.17) is 11.0 Å². The molecule has 3 heteroatoms.